The molecule has 62 heavy (non-hydrogen) atoms. The van der Waals surface area contributed by atoms with Gasteiger partial charge in [0.25, 0.3) is 0 Å². The highest BCUT2D eigenvalue weighted by Gasteiger charge is 2.71. The van der Waals surface area contributed by atoms with Gasteiger partial charge in [0.15, 0.2) is 18.9 Å². The minimum atomic E-state index is -1.72. The van der Waals surface area contributed by atoms with Crippen LogP contribution in [0.2, 0.25) is 0 Å². The highest BCUT2D eigenvalue weighted by atomic mass is 16.8. The van der Waals surface area contributed by atoms with Gasteiger partial charge in [0.2, 0.25) is 0 Å². The Morgan fingerprint density at radius 3 is 2.03 bits per heavy atom. The second kappa shape index (κ2) is 18.1. The summed E-state index contributed by atoms with van der Waals surface area (Å²) in [6.07, 6.45) is -8.73. The summed E-state index contributed by atoms with van der Waals surface area (Å²) in [5.41, 5.74) is -1.59. The minimum Gasteiger partial charge on any atom is -0.393 e. The molecule has 7 aliphatic rings. The van der Waals surface area contributed by atoms with E-state index in [9.17, 15) is 50.8 Å². The molecule has 16 nitrogen and oxygen atoms in total. The summed E-state index contributed by atoms with van der Waals surface area (Å²) in [4.78, 5) is 13.9. The lowest BCUT2D eigenvalue weighted by molar-refractivity contribution is -0.383. The van der Waals surface area contributed by atoms with Crippen molar-refractivity contribution >= 4 is 6.29 Å². The number of ether oxygens (including phenoxy) is 6. The number of rotatable bonds is 12. The maximum absolute atomic E-state index is 13.9. The Bertz CT molecular complexity index is 1590. The Labute approximate surface area is 365 Å². The normalized spacial score (nSPS) is 51.3. The Morgan fingerprint density at radius 2 is 1.35 bits per heavy atom. The van der Waals surface area contributed by atoms with E-state index >= 15 is 0 Å². The van der Waals surface area contributed by atoms with Gasteiger partial charge in [0, 0.05) is 5.41 Å². The van der Waals surface area contributed by atoms with Gasteiger partial charge in [-0.25, -0.2) is 0 Å². The summed E-state index contributed by atoms with van der Waals surface area (Å²) in [5.74, 6) is 0.169. The van der Waals surface area contributed by atoms with Gasteiger partial charge in [-0.05, 0) is 125 Å². The molecule has 0 aromatic heterocycles. The van der Waals surface area contributed by atoms with Crippen molar-refractivity contribution in [2.45, 2.75) is 204 Å². The molecule has 0 aromatic carbocycles. The lowest BCUT2D eigenvalue weighted by Crippen LogP contribution is -2.67. The molecule has 3 saturated heterocycles. The summed E-state index contributed by atoms with van der Waals surface area (Å²) in [6, 6.07) is 0. The van der Waals surface area contributed by atoms with E-state index in [1.165, 1.54) is 18.8 Å². The first-order chi connectivity index (χ1) is 29.1. The zero-order valence-corrected chi connectivity index (χ0v) is 37.6. The van der Waals surface area contributed by atoms with Crippen molar-refractivity contribution < 1.29 is 79.2 Å². The average Bonchev–Trinajstić information content (AvgIpc) is 3.60. The lowest BCUT2D eigenvalue weighted by Gasteiger charge is -2.69. The molecule has 0 bridgehead atoms. The van der Waals surface area contributed by atoms with Crippen LogP contribution in [0.5, 0.6) is 0 Å². The molecule has 0 radical (unpaired) electrons. The van der Waals surface area contributed by atoms with Gasteiger partial charge in [-0.1, -0.05) is 39.3 Å². The van der Waals surface area contributed by atoms with Crippen LogP contribution in [0.25, 0.3) is 0 Å². The van der Waals surface area contributed by atoms with Crippen molar-refractivity contribution in [2.75, 3.05) is 19.8 Å². The maximum atomic E-state index is 13.9. The molecule has 16 heteroatoms. The first kappa shape index (κ1) is 48.7. The molecule has 4 aliphatic carbocycles. The fourth-order valence-electron chi connectivity index (χ4n) is 14.0. The Morgan fingerprint density at radius 1 is 0.710 bits per heavy atom. The molecular formula is C46H76O16. The largest absolute Gasteiger partial charge is 0.393 e. The number of fused-ring (bicyclic) bond motifs is 5. The smallest absolute Gasteiger partial charge is 0.187 e. The lowest BCUT2D eigenvalue weighted by atomic mass is 9.35. The predicted molar refractivity (Wildman–Crippen MR) is 221 cm³/mol. The quantitative estimate of drug-likeness (QED) is 0.0764. The summed E-state index contributed by atoms with van der Waals surface area (Å²) < 4.78 is 36.7. The highest BCUT2D eigenvalue weighted by Crippen LogP contribution is 2.75. The van der Waals surface area contributed by atoms with Crippen LogP contribution in [-0.4, -0.2) is 164 Å². The number of carbonyl (C=O) groups is 1. The van der Waals surface area contributed by atoms with Crippen LogP contribution in [0.4, 0.5) is 0 Å². The van der Waals surface area contributed by atoms with Crippen LogP contribution >= 0.6 is 0 Å². The van der Waals surface area contributed by atoms with Gasteiger partial charge < -0.3 is 79.2 Å². The zero-order valence-electron chi connectivity index (χ0n) is 37.6. The summed E-state index contributed by atoms with van der Waals surface area (Å²) in [6.45, 7) is 13.6. The third-order valence-corrected chi connectivity index (χ3v) is 17.8. The molecule has 7 fully saturated rings. The van der Waals surface area contributed by atoms with Crippen LogP contribution in [0.1, 0.15) is 113 Å². The van der Waals surface area contributed by atoms with Crippen molar-refractivity contribution in [2.24, 2.45) is 45.3 Å². The first-order valence-corrected chi connectivity index (χ1v) is 23.1. The first-order valence-electron chi connectivity index (χ1n) is 23.1. The monoisotopic (exact) mass is 885 g/mol. The Hall–Kier alpha value is -1.19. The third-order valence-electron chi connectivity index (χ3n) is 17.8. The van der Waals surface area contributed by atoms with E-state index < -0.39 is 102 Å². The molecule has 22 atom stereocenters. The van der Waals surface area contributed by atoms with Gasteiger partial charge in [0.1, 0.15) is 61.2 Å². The molecule has 3 aliphatic heterocycles. The molecule has 4 saturated carbocycles. The number of carbonyl (C=O) groups excluding carboxylic acids is 1. The zero-order chi connectivity index (χ0) is 45.3. The molecule has 0 amide bonds. The maximum Gasteiger partial charge on any atom is 0.187 e. The van der Waals surface area contributed by atoms with Crippen LogP contribution < -0.4 is 0 Å². The van der Waals surface area contributed by atoms with Crippen molar-refractivity contribution in [1.29, 1.82) is 0 Å². The SMILES string of the molecule is CC(C)=CCC[C@@](O)(CO)[C@H]1CC[C@]2(C)[C@@H]1CC[C@H]1[C@@]3(C=O)CC[C@H](O[C@@H]4OC[C@H](O)[C@H](O[C@@H]5OC[C@@H](O)[C@H](O)[C@H]5O)[C@H]4O[C@@H]4O[C@@H](C)[C@H](O)[C@@H](O)[C@H]4O)C(C)(C)[C@H]3CC[C@]12C. The molecule has 7 rings (SSSR count). The molecule has 0 spiro atoms. The van der Waals surface area contributed by atoms with Gasteiger partial charge >= 0.3 is 0 Å². The van der Waals surface area contributed by atoms with Crippen molar-refractivity contribution in [3.63, 3.8) is 0 Å². The molecular weight excluding hydrogens is 808 g/mol. The van der Waals surface area contributed by atoms with Crippen LogP contribution in [0, 0.1) is 45.3 Å². The minimum absolute atomic E-state index is 0.0374. The number of allylic oxidation sites excluding steroid dienone is 2. The van der Waals surface area contributed by atoms with E-state index in [4.69, 9.17) is 28.4 Å². The molecule has 0 aromatic rings. The number of aliphatic hydroxyl groups excluding tert-OH is 8. The summed E-state index contributed by atoms with van der Waals surface area (Å²) in [5, 5.41) is 97.3. The van der Waals surface area contributed by atoms with Crippen molar-refractivity contribution in [1.82, 2.24) is 0 Å². The van der Waals surface area contributed by atoms with Crippen LogP contribution in [0.15, 0.2) is 11.6 Å². The third kappa shape index (κ3) is 8.10. The fraction of sp³-hybridized carbons (Fsp3) is 0.935. The van der Waals surface area contributed by atoms with E-state index in [2.05, 4.69) is 33.8 Å². The van der Waals surface area contributed by atoms with E-state index in [0.29, 0.717) is 25.7 Å². The highest BCUT2D eigenvalue weighted by molar-refractivity contribution is 5.62. The molecule has 9 N–H and O–H groups in total. The van der Waals surface area contributed by atoms with Crippen molar-refractivity contribution in [3.05, 3.63) is 11.6 Å². The molecule has 3 heterocycles. The van der Waals surface area contributed by atoms with Crippen molar-refractivity contribution in [3.8, 4) is 0 Å². The van der Waals surface area contributed by atoms with Gasteiger partial charge in [-0.3, -0.25) is 0 Å². The van der Waals surface area contributed by atoms with E-state index in [1.807, 2.05) is 13.8 Å². The topological polar surface area (TPSA) is 255 Å². The van der Waals surface area contributed by atoms with Gasteiger partial charge in [-0.2, -0.15) is 0 Å². The van der Waals surface area contributed by atoms with Gasteiger partial charge in [-0.15, -0.1) is 0 Å². The Balaban J connectivity index is 1.13. The number of hydrogen-bond donors (Lipinski definition) is 9. The van der Waals surface area contributed by atoms with E-state index in [-0.39, 0.29) is 54.3 Å². The second-order valence-electron chi connectivity index (χ2n) is 21.5. The van der Waals surface area contributed by atoms with E-state index in [1.54, 1.807) is 0 Å². The van der Waals surface area contributed by atoms with Crippen LogP contribution in [0.3, 0.4) is 0 Å². The molecule has 0 unspecified atom stereocenters. The number of aliphatic hydroxyl groups is 9. The van der Waals surface area contributed by atoms with E-state index in [0.717, 1.165) is 38.5 Å². The summed E-state index contributed by atoms with van der Waals surface area (Å²) >= 11 is 0. The number of hydrogen-bond acceptors (Lipinski definition) is 16. The second-order valence-corrected chi connectivity index (χ2v) is 21.5. The van der Waals surface area contributed by atoms with Gasteiger partial charge in [0.05, 0.1) is 37.6 Å². The van der Waals surface area contributed by atoms with Crippen LogP contribution in [-0.2, 0) is 33.2 Å². The fourth-order valence-corrected chi connectivity index (χ4v) is 14.0. The standard InChI is InChI=1S/C46H76O16/c1-23(2)9-8-15-46(56,22-48)26-12-16-43(6)25(26)10-11-30-44(43,7)17-13-29-42(4,5)31(14-18-45(29,30)21-47)60-41-38(62-40-36(55)34(53)32(51)24(3)59-40)37(28(50)20-58-41)61-39-35(54)33(52)27(49)19-57-39/h9,21,24-41,48-56H,8,10-20,22H2,1-7H3/t24-,25+,26-,27+,28-,29+,30+,31-,32-,33-,34+,35+,36+,37-,38+,39-,40-,41-,43+,44+,45+,46+/m0/s1. The summed E-state index contributed by atoms with van der Waals surface area (Å²) in [7, 11) is 0. The molecule has 356 valence electrons. The predicted octanol–water partition coefficient (Wildman–Crippen LogP) is 1.46. The Kier molecular flexibility index (Phi) is 14.3. The number of aldehydes is 1. The average molecular weight is 885 g/mol.